The first kappa shape index (κ1) is 18.1. The van der Waals surface area contributed by atoms with Gasteiger partial charge in [0.1, 0.15) is 5.75 Å². The molecule has 0 spiro atoms. The van der Waals surface area contributed by atoms with Crippen LogP contribution < -0.4 is 10.2 Å². The Kier molecular flexibility index (Phi) is 5.99. The van der Waals surface area contributed by atoms with Gasteiger partial charge in [-0.3, -0.25) is 19.3 Å². The number of hydroxylamine groups is 1. The number of carbonyl (C=O) groups excluding carboxylic acids is 2. The first-order chi connectivity index (χ1) is 12.7. The first-order valence-electron chi connectivity index (χ1n) is 8.63. The molecule has 0 fully saturated rings. The number of unbranched alkanes of at least 4 members (excludes halogenated alkanes) is 1. The number of hydrogen-bond donors (Lipinski definition) is 1. The molecule has 0 unspecified atom stereocenters. The number of imide groups is 1. The summed E-state index contributed by atoms with van der Waals surface area (Å²) in [5, 5.41) is 0. The third-order valence-corrected chi connectivity index (χ3v) is 4.29. The Balaban J connectivity index is 1.32. The summed E-state index contributed by atoms with van der Waals surface area (Å²) in [5.74, 6) is 0.415. The van der Waals surface area contributed by atoms with Gasteiger partial charge in [0.05, 0.1) is 24.8 Å². The molecular formula is C20H22N2O4. The largest absolute Gasteiger partial charge is 0.497 e. The molecule has 1 aliphatic rings. The third kappa shape index (κ3) is 4.09. The van der Waals surface area contributed by atoms with Gasteiger partial charge in [0.15, 0.2) is 0 Å². The van der Waals surface area contributed by atoms with Crippen molar-refractivity contribution in [2.45, 2.75) is 19.4 Å². The van der Waals surface area contributed by atoms with Crippen LogP contribution in [0, 0.1) is 0 Å². The molecule has 6 heteroatoms. The molecule has 136 valence electrons. The molecule has 0 aliphatic carbocycles. The maximum atomic E-state index is 12.2. The van der Waals surface area contributed by atoms with Crippen LogP contribution in [0.2, 0.25) is 0 Å². The molecule has 1 heterocycles. The monoisotopic (exact) mass is 354 g/mol. The van der Waals surface area contributed by atoms with Crippen molar-refractivity contribution < 1.29 is 19.2 Å². The van der Waals surface area contributed by atoms with E-state index in [0.29, 0.717) is 30.8 Å². The predicted octanol–water partition coefficient (Wildman–Crippen LogP) is 2.79. The van der Waals surface area contributed by atoms with Crippen LogP contribution in [0.25, 0.3) is 0 Å². The molecule has 0 aromatic heterocycles. The quantitative estimate of drug-likeness (QED) is 0.426. The summed E-state index contributed by atoms with van der Waals surface area (Å²) in [5.41, 5.74) is 4.95. The SMILES string of the molecule is COc1ccc(CONCCCCN2C(=O)c3ccccc3C2=O)cc1. The van der Waals surface area contributed by atoms with Crippen LogP contribution in [0.3, 0.4) is 0 Å². The van der Waals surface area contributed by atoms with E-state index in [-0.39, 0.29) is 11.8 Å². The van der Waals surface area contributed by atoms with Gasteiger partial charge in [0.25, 0.3) is 11.8 Å². The van der Waals surface area contributed by atoms with Crippen molar-refractivity contribution in [3.63, 3.8) is 0 Å². The Morgan fingerprint density at radius 3 is 2.19 bits per heavy atom. The van der Waals surface area contributed by atoms with Gasteiger partial charge in [0, 0.05) is 13.1 Å². The van der Waals surface area contributed by atoms with Gasteiger partial charge in [-0.05, 0) is 42.7 Å². The molecule has 0 saturated heterocycles. The number of methoxy groups -OCH3 is 1. The van der Waals surface area contributed by atoms with Crippen LogP contribution in [0.4, 0.5) is 0 Å². The molecule has 1 N–H and O–H groups in total. The van der Waals surface area contributed by atoms with Crippen LogP contribution in [-0.2, 0) is 11.4 Å². The van der Waals surface area contributed by atoms with Gasteiger partial charge in [-0.25, -0.2) is 5.48 Å². The zero-order valence-corrected chi connectivity index (χ0v) is 14.7. The number of benzene rings is 2. The number of amides is 2. The summed E-state index contributed by atoms with van der Waals surface area (Å²) in [6.07, 6.45) is 1.53. The van der Waals surface area contributed by atoms with E-state index in [1.54, 1.807) is 31.4 Å². The van der Waals surface area contributed by atoms with Gasteiger partial charge >= 0.3 is 0 Å². The lowest BCUT2D eigenvalue weighted by Gasteiger charge is -2.13. The second-order valence-electron chi connectivity index (χ2n) is 6.05. The number of ether oxygens (including phenoxy) is 1. The summed E-state index contributed by atoms with van der Waals surface area (Å²) in [4.78, 5) is 31.2. The molecular weight excluding hydrogens is 332 g/mol. The Morgan fingerprint density at radius 2 is 1.58 bits per heavy atom. The highest BCUT2D eigenvalue weighted by atomic mass is 16.6. The average molecular weight is 354 g/mol. The molecule has 0 bridgehead atoms. The smallest absolute Gasteiger partial charge is 0.261 e. The topological polar surface area (TPSA) is 67.9 Å². The number of nitrogens with zero attached hydrogens (tertiary/aromatic N) is 1. The van der Waals surface area contributed by atoms with E-state index < -0.39 is 0 Å². The number of rotatable bonds is 9. The van der Waals surface area contributed by atoms with Crippen molar-refractivity contribution in [1.82, 2.24) is 10.4 Å². The van der Waals surface area contributed by atoms with Crippen molar-refractivity contribution in [2.75, 3.05) is 20.2 Å². The van der Waals surface area contributed by atoms with E-state index in [1.807, 2.05) is 24.3 Å². The molecule has 1 aliphatic heterocycles. The van der Waals surface area contributed by atoms with E-state index in [4.69, 9.17) is 9.57 Å². The van der Waals surface area contributed by atoms with Crippen LogP contribution in [0.5, 0.6) is 5.75 Å². The molecule has 2 aromatic rings. The standard InChI is InChI=1S/C20H22N2O4/c1-25-16-10-8-15(9-11-16)14-26-21-12-4-5-13-22-19(23)17-6-2-3-7-18(17)20(22)24/h2-3,6-11,21H,4-5,12-14H2,1H3. The molecule has 0 atom stereocenters. The normalized spacial score (nSPS) is 13.2. The van der Waals surface area contributed by atoms with Crippen molar-refractivity contribution in [2.24, 2.45) is 0 Å². The van der Waals surface area contributed by atoms with Crippen molar-refractivity contribution in [1.29, 1.82) is 0 Å². The molecule has 26 heavy (non-hydrogen) atoms. The number of nitrogens with one attached hydrogen (secondary N) is 1. The summed E-state index contributed by atoms with van der Waals surface area (Å²) in [6.45, 7) is 1.54. The first-order valence-corrected chi connectivity index (χ1v) is 8.63. The maximum absolute atomic E-state index is 12.2. The maximum Gasteiger partial charge on any atom is 0.261 e. The molecule has 0 radical (unpaired) electrons. The molecule has 2 amide bonds. The highest BCUT2D eigenvalue weighted by Gasteiger charge is 2.34. The van der Waals surface area contributed by atoms with Crippen LogP contribution in [0.15, 0.2) is 48.5 Å². The Hall–Kier alpha value is -2.70. The summed E-state index contributed by atoms with van der Waals surface area (Å²) in [6, 6.07) is 14.6. The van der Waals surface area contributed by atoms with Crippen molar-refractivity contribution in [3.8, 4) is 5.75 Å². The zero-order valence-electron chi connectivity index (χ0n) is 14.7. The van der Waals surface area contributed by atoms with Crippen LogP contribution >= 0.6 is 0 Å². The van der Waals surface area contributed by atoms with Crippen LogP contribution in [0.1, 0.15) is 39.1 Å². The summed E-state index contributed by atoms with van der Waals surface area (Å²) < 4.78 is 5.11. The number of fused-ring (bicyclic) bond motifs is 1. The fourth-order valence-corrected chi connectivity index (χ4v) is 2.84. The second-order valence-corrected chi connectivity index (χ2v) is 6.05. The molecule has 6 nitrogen and oxygen atoms in total. The highest BCUT2D eigenvalue weighted by Crippen LogP contribution is 2.22. The van der Waals surface area contributed by atoms with Gasteiger partial charge in [-0.15, -0.1) is 0 Å². The predicted molar refractivity (Wildman–Crippen MR) is 96.8 cm³/mol. The van der Waals surface area contributed by atoms with E-state index in [2.05, 4.69) is 5.48 Å². The summed E-state index contributed by atoms with van der Waals surface area (Å²) in [7, 11) is 1.63. The van der Waals surface area contributed by atoms with Crippen molar-refractivity contribution >= 4 is 11.8 Å². The van der Waals surface area contributed by atoms with Crippen molar-refractivity contribution in [3.05, 3.63) is 65.2 Å². The fraction of sp³-hybridized carbons (Fsp3) is 0.300. The minimum Gasteiger partial charge on any atom is -0.497 e. The third-order valence-electron chi connectivity index (χ3n) is 4.29. The lowest BCUT2D eigenvalue weighted by molar-refractivity contribution is 0.0269. The van der Waals surface area contributed by atoms with Gasteiger partial charge in [-0.1, -0.05) is 24.3 Å². The minimum absolute atomic E-state index is 0.200. The minimum atomic E-state index is -0.200. The molecule has 2 aromatic carbocycles. The van der Waals surface area contributed by atoms with E-state index in [1.165, 1.54) is 4.90 Å². The van der Waals surface area contributed by atoms with Gasteiger partial charge < -0.3 is 4.74 Å². The second kappa shape index (κ2) is 8.60. The molecule has 0 saturated carbocycles. The van der Waals surface area contributed by atoms with Gasteiger partial charge in [-0.2, -0.15) is 0 Å². The van der Waals surface area contributed by atoms with E-state index in [0.717, 1.165) is 24.2 Å². The van der Waals surface area contributed by atoms with E-state index >= 15 is 0 Å². The lowest BCUT2D eigenvalue weighted by Crippen LogP contribution is -2.31. The van der Waals surface area contributed by atoms with E-state index in [9.17, 15) is 9.59 Å². The van der Waals surface area contributed by atoms with Crippen LogP contribution in [-0.4, -0.2) is 36.9 Å². The van der Waals surface area contributed by atoms with Gasteiger partial charge in [0.2, 0.25) is 0 Å². The number of carbonyl (C=O) groups is 2. The Labute approximate surface area is 152 Å². The fourth-order valence-electron chi connectivity index (χ4n) is 2.84. The Morgan fingerprint density at radius 1 is 0.923 bits per heavy atom. The Bertz CT molecular complexity index is 739. The highest BCUT2D eigenvalue weighted by molar-refractivity contribution is 6.21. The molecule has 3 rings (SSSR count). The zero-order chi connectivity index (χ0) is 18.4. The summed E-state index contributed by atoms with van der Waals surface area (Å²) >= 11 is 0. The number of hydrogen-bond acceptors (Lipinski definition) is 5. The average Bonchev–Trinajstić information content (AvgIpc) is 2.92. The lowest BCUT2D eigenvalue weighted by atomic mass is 10.1.